The lowest BCUT2D eigenvalue weighted by Gasteiger charge is -2.15. The number of alkyl halides is 1. The zero-order chi connectivity index (χ0) is 12.6. The molecule has 0 aromatic carbocycles. The highest BCUT2D eigenvalue weighted by Crippen LogP contribution is 1.96. The van der Waals surface area contributed by atoms with Gasteiger partial charge >= 0.3 is 0 Å². The first-order chi connectivity index (χ1) is 7.41. The van der Waals surface area contributed by atoms with Crippen LogP contribution in [0.3, 0.4) is 0 Å². The van der Waals surface area contributed by atoms with Gasteiger partial charge in [-0.1, -0.05) is 0 Å². The van der Waals surface area contributed by atoms with Crippen LogP contribution in [0.1, 0.15) is 13.8 Å². The molecule has 0 saturated carbocycles. The van der Waals surface area contributed by atoms with E-state index >= 15 is 0 Å². The molecule has 7 heteroatoms. The molecule has 0 fully saturated rings. The fourth-order valence-electron chi connectivity index (χ4n) is 1.02. The monoisotopic (exact) mass is 273 g/mol. The Morgan fingerprint density at radius 3 is 2.44 bits per heavy atom. The summed E-state index contributed by atoms with van der Waals surface area (Å²) in [4.78, 5) is 0. The third-order valence-electron chi connectivity index (χ3n) is 1.70. The fraction of sp³-hybridized carbons (Fsp3) is 1.00. The van der Waals surface area contributed by atoms with Gasteiger partial charge in [0.15, 0.2) is 0 Å². The van der Waals surface area contributed by atoms with E-state index in [9.17, 15) is 8.42 Å². The average Bonchev–Trinajstić information content (AvgIpc) is 2.15. The van der Waals surface area contributed by atoms with Gasteiger partial charge in [-0.15, -0.1) is 11.6 Å². The molecule has 0 rings (SSSR count). The zero-order valence-electron chi connectivity index (χ0n) is 9.90. The van der Waals surface area contributed by atoms with E-state index in [-0.39, 0.29) is 31.0 Å². The van der Waals surface area contributed by atoms with Crippen molar-refractivity contribution in [3.8, 4) is 0 Å². The van der Waals surface area contributed by atoms with Crippen molar-refractivity contribution in [1.82, 2.24) is 4.72 Å². The zero-order valence-corrected chi connectivity index (χ0v) is 11.5. The lowest BCUT2D eigenvalue weighted by molar-refractivity contribution is 0.0910. The van der Waals surface area contributed by atoms with Crippen LogP contribution in [0.5, 0.6) is 0 Å². The molecule has 0 saturated heterocycles. The number of halogens is 1. The fourth-order valence-corrected chi connectivity index (χ4v) is 2.37. The summed E-state index contributed by atoms with van der Waals surface area (Å²) in [6.45, 7) is 4.14. The molecule has 1 atom stereocenters. The molecule has 0 radical (unpaired) electrons. The van der Waals surface area contributed by atoms with E-state index in [1.807, 2.05) is 13.8 Å². The molecule has 0 aromatic rings. The van der Waals surface area contributed by atoms with Gasteiger partial charge in [0, 0.05) is 13.0 Å². The SMILES string of the molecule is COCC(CCl)NS(=O)(=O)CCOC(C)C. The molecule has 0 heterocycles. The minimum atomic E-state index is -3.35. The number of ether oxygens (including phenoxy) is 2. The lowest BCUT2D eigenvalue weighted by Crippen LogP contribution is -2.41. The predicted octanol–water partition coefficient (Wildman–Crippen LogP) is 0.585. The van der Waals surface area contributed by atoms with E-state index < -0.39 is 16.1 Å². The molecule has 0 aliphatic carbocycles. The van der Waals surface area contributed by atoms with Crippen molar-refractivity contribution in [2.45, 2.75) is 26.0 Å². The summed E-state index contributed by atoms with van der Waals surface area (Å²) >= 11 is 5.60. The number of sulfonamides is 1. The maximum Gasteiger partial charge on any atom is 0.214 e. The number of hydrogen-bond donors (Lipinski definition) is 1. The Balaban J connectivity index is 4.02. The van der Waals surface area contributed by atoms with E-state index in [0.29, 0.717) is 0 Å². The van der Waals surface area contributed by atoms with E-state index in [2.05, 4.69) is 4.72 Å². The van der Waals surface area contributed by atoms with Crippen LogP contribution in [0.4, 0.5) is 0 Å². The number of nitrogens with one attached hydrogen (secondary N) is 1. The first-order valence-corrected chi connectivity index (χ1v) is 7.26. The van der Waals surface area contributed by atoms with Gasteiger partial charge in [-0.2, -0.15) is 0 Å². The van der Waals surface area contributed by atoms with Crippen molar-refractivity contribution in [2.75, 3.05) is 32.0 Å². The first-order valence-electron chi connectivity index (χ1n) is 5.07. The molecule has 0 aliphatic rings. The van der Waals surface area contributed by atoms with Crippen LogP contribution < -0.4 is 4.72 Å². The van der Waals surface area contributed by atoms with Gasteiger partial charge in [0.2, 0.25) is 10.0 Å². The highest BCUT2D eigenvalue weighted by atomic mass is 35.5. The molecule has 0 bridgehead atoms. The quantitative estimate of drug-likeness (QED) is 0.625. The topological polar surface area (TPSA) is 64.6 Å². The van der Waals surface area contributed by atoms with E-state index in [0.717, 1.165) is 0 Å². The minimum Gasteiger partial charge on any atom is -0.383 e. The molecule has 0 amide bonds. The maximum absolute atomic E-state index is 11.6. The molecule has 1 unspecified atom stereocenters. The van der Waals surface area contributed by atoms with Crippen LogP contribution in [0.15, 0.2) is 0 Å². The van der Waals surface area contributed by atoms with E-state index in [4.69, 9.17) is 21.1 Å². The first kappa shape index (κ1) is 16.1. The van der Waals surface area contributed by atoms with Crippen LogP contribution in [0, 0.1) is 0 Å². The second-order valence-electron chi connectivity index (χ2n) is 3.66. The summed E-state index contributed by atoms with van der Waals surface area (Å²) in [5.41, 5.74) is 0. The van der Waals surface area contributed by atoms with Gasteiger partial charge in [0.25, 0.3) is 0 Å². The van der Waals surface area contributed by atoms with Gasteiger partial charge in [-0.25, -0.2) is 13.1 Å². The van der Waals surface area contributed by atoms with Crippen molar-refractivity contribution < 1.29 is 17.9 Å². The third kappa shape index (κ3) is 8.29. The van der Waals surface area contributed by atoms with Crippen molar-refractivity contribution in [3.63, 3.8) is 0 Å². The smallest absolute Gasteiger partial charge is 0.214 e. The van der Waals surface area contributed by atoms with Crippen molar-refractivity contribution in [1.29, 1.82) is 0 Å². The Bertz CT molecular complexity index is 269. The van der Waals surface area contributed by atoms with E-state index in [1.165, 1.54) is 7.11 Å². The summed E-state index contributed by atoms with van der Waals surface area (Å²) in [5.74, 6) is 0.111. The molecule has 0 aliphatic heterocycles. The van der Waals surface area contributed by atoms with Gasteiger partial charge in [-0.3, -0.25) is 0 Å². The Morgan fingerprint density at radius 1 is 1.38 bits per heavy atom. The molecule has 98 valence electrons. The standard InChI is InChI=1S/C9H20ClNO4S/c1-8(2)15-4-5-16(12,13)11-9(6-10)7-14-3/h8-9,11H,4-7H2,1-3H3. The molecule has 16 heavy (non-hydrogen) atoms. The number of rotatable bonds is 9. The van der Waals surface area contributed by atoms with Crippen molar-refractivity contribution >= 4 is 21.6 Å². The Morgan fingerprint density at radius 2 is 2.00 bits per heavy atom. The van der Waals surface area contributed by atoms with Crippen LogP contribution in [0.2, 0.25) is 0 Å². The summed E-state index contributed by atoms with van der Waals surface area (Å²) in [7, 11) is -1.85. The number of methoxy groups -OCH3 is 1. The average molecular weight is 274 g/mol. The Kier molecular flexibility index (Phi) is 8.31. The summed E-state index contributed by atoms with van der Waals surface area (Å²) in [5, 5.41) is 0. The second-order valence-corrected chi connectivity index (χ2v) is 5.84. The molecule has 0 spiro atoms. The van der Waals surface area contributed by atoms with Gasteiger partial charge in [-0.05, 0) is 13.8 Å². The van der Waals surface area contributed by atoms with Crippen LogP contribution in [-0.2, 0) is 19.5 Å². The van der Waals surface area contributed by atoms with E-state index in [1.54, 1.807) is 0 Å². The molecule has 5 nitrogen and oxygen atoms in total. The molecule has 1 N–H and O–H groups in total. The number of hydrogen-bond acceptors (Lipinski definition) is 4. The van der Waals surface area contributed by atoms with Crippen LogP contribution in [0.25, 0.3) is 0 Å². The van der Waals surface area contributed by atoms with Crippen LogP contribution >= 0.6 is 11.6 Å². The maximum atomic E-state index is 11.6. The highest BCUT2D eigenvalue weighted by Gasteiger charge is 2.17. The summed E-state index contributed by atoms with van der Waals surface area (Å²) in [6.07, 6.45) is 0.0259. The second kappa shape index (κ2) is 8.25. The lowest BCUT2D eigenvalue weighted by atomic mass is 10.4. The van der Waals surface area contributed by atoms with Gasteiger partial charge < -0.3 is 9.47 Å². The molecular weight excluding hydrogens is 254 g/mol. The normalized spacial score (nSPS) is 14.3. The van der Waals surface area contributed by atoms with Crippen molar-refractivity contribution in [2.24, 2.45) is 0 Å². The van der Waals surface area contributed by atoms with Crippen molar-refractivity contribution in [3.05, 3.63) is 0 Å². The Labute approximate surface area is 102 Å². The molecule has 0 aromatic heterocycles. The minimum absolute atomic E-state index is 0.0259. The largest absolute Gasteiger partial charge is 0.383 e. The predicted molar refractivity (Wildman–Crippen MR) is 64.4 cm³/mol. The van der Waals surface area contributed by atoms with Crippen LogP contribution in [-0.4, -0.2) is 52.5 Å². The summed E-state index contributed by atoms with van der Waals surface area (Å²) in [6, 6.07) is -0.393. The summed E-state index contributed by atoms with van der Waals surface area (Å²) < 4.78 is 35.6. The van der Waals surface area contributed by atoms with Gasteiger partial charge in [0.05, 0.1) is 31.1 Å². The molecular formula is C9H20ClNO4S. The third-order valence-corrected chi connectivity index (χ3v) is 3.47. The van der Waals surface area contributed by atoms with Gasteiger partial charge in [0.1, 0.15) is 0 Å². The Hall–Kier alpha value is 0.120. The highest BCUT2D eigenvalue weighted by molar-refractivity contribution is 7.89.